The first-order valence-corrected chi connectivity index (χ1v) is 12.2. The van der Waals surface area contributed by atoms with Crippen molar-refractivity contribution in [2.75, 3.05) is 40.4 Å². The van der Waals surface area contributed by atoms with Crippen LogP contribution in [-0.4, -0.2) is 102 Å². The largest absolute Gasteiger partial charge is 0.478 e. The highest BCUT2D eigenvalue weighted by atomic mass is 16.5. The lowest BCUT2D eigenvalue weighted by molar-refractivity contribution is -0.133. The van der Waals surface area contributed by atoms with E-state index >= 15 is 0 Å². The number of likely N-dealkylation sites (tertiary alicyclic amines) is 2. The number of carboxylic acids is 1. The summed E-state index contributed by atoms with van der Waals surface area (Å²) >= 11 is 0. The minimum atomic E-state index is -0.943. The summed E-state index contributed by atoms with van der Waals surface area (Å²) in [6, 6.07) is 6.98. The van der Waals surface area contributed by atoms with Crippen LogP contribution >= 0.6 is 0 Å². The van der Waals surface area contributed by atoms with E-state index in [2.05, 4.69) is 22.2 Å². The van der Waals surface area contributed by atoms with Gasteiger partial charge in [-0.1, -0.05) is 12.1 Å². The third-order valence-electron chi connectivity index (χ3n) is 7.68. The monoisotopic (exact) mass is 472 g/mol. The standard InChI is InChI=1S/C25H36N4O5/c1-27-19(9-10-22(30)29-12-3-4-20(29)16-34-2)14-26-24(31)23-21(27)11-13-28(23)15-17-5-7-18(8-6-17)25(32)33/h5-8,19-21,23H,3-4,9-16H2,1-2H3,(H,26,31)(H,32,33)/t19-,20+,21-,23-/m0/s1. The van der Waals surface area contributed by atoms with Crippen LogP contribution < -0.4 is 5.32 Å². The molecule has 0 radical (unpaired) electrons. The molecule has 3 aliphatic heterocycles. The lowest BCUT2D eigenvalue weighted by Crippen LogP contribution is -2.49. The number of hydrogen-bond acceptors (Lipinski definition) is 6. The predicted octanol–water partition coefficient (Wildman–Crippen LogP) is 1.18. The van der Waals surface area contributed by atoms with E-state index in [1.165, 1.54) is 0 Å². The van der Waals surface area contributed by atoms with Crippen LogP contribution in [0.25, 0.3) is 0 Å². The molecule has 34 heavy (non-hydrogen) atoms. The Labute approximate surface area is 201 Å². The molecule has 0 aliphatic carbocycles. The zero-order valence-corrected chi connectivity index (χ0v) is 20.1. The van der Waals surface area contributed by atoms with E-state index in [-0.39, 0.29) is 41.5 Å². The number of ether oxygens (including phenoxy) is 1. The lowest BCUT2D eigenvalue weighted by Gasteiger charge is -2.33. The number of hydrogen-bond donors (Lipinski definition) is 2. The van der Waals surface area contributed by atoms with Crippen LogP contribution in [0.15, 0.2) is 24.3 Å². The molecule has 2 N–H and O–H groups in total. The van der Waals surface area contributed by atoms with E-state index < -0.39 is 5.97 Å². The van der Waals surface area contributed by atoms with E-state index in [0.29, 0.717) is 32.5 Å². The molecule has 0 unspecified atom stereocenters. The highest BCUT2D eigenvalue weighted by molar-refractivity contribution is 5.87. The van der Waals surface area contributed by atoms with Crippen molar-refractivity contribution in [1.29, 1.82) is 0 Å². The van der Waals surface area contributed by atoms with E-state index in [1.807, 2.05) is 17.0 Å². The van der Waals surface area contributed by atoms with Crippen molar-refractivity contribution in [3.63, 3.8) is 0 Å². The Bertz CT molecular complexity index is 892. The Morgan fingerprint density at radius 3 is 2.62 bits per heavy atom. The van der Waals surface area contributed by atoms with Crippen molar-refractivity contribution < 1.29 is 24.2 Å². The fourth-order valence-corrected chi connectivity index (χ4v) is 5.78. The fourth-order valence-electron chi connectivity index (χ4n) is 5.78. The number of rotatable bonds is 8. The van der Waals surface area contributed by atoms with E-state index in [4.69, 9.17) is 9.84 Å². The van der Waals surface area contributed by atoms with Gasteiger partial charge in [0.15, 0.2) is 0 Å². The number of fused-ring (bicyclic) bond motifs is 1. The molecular weight excluding hydrogens is 436 g/mol. The molecule has 0 bridgehead atoms. The average Bonchev–Trinajstić information content (AvgIpc) is 3.43. The van der Waals surface area contributed by atoms with Crippen LogP contribution in [0.2, 0.25) is 0 Å². The number of amides is 2. The van der Waals surface area contributed by atoms with Gasteiger partial charge >= 0.3 is 5.97 Å². The molecule has 1 aromatic carbocycles. The summed E-state index contributed by atoms with van der Waals surface area (Å²) in [5.41, 5.74) is 1.25. The Hall–Kier alpha value is -2.49. The van der Waals surface area contributed by atoms with Gasteiger partial charge in [-0.25, -0.2) is 4.79 Å². The predicted molar refractivity (Wildman–Crippen MR) is 126 cm³/mol. The number of carbonyl (C=O) groups excluding carboxylic acids is 2. The highest BCUT2D eigenvalue weighted by Crippen LogP contribution is 2.29. The molecule has 0 saturated carbocycles. The van der Waals surface area contributed by atoms with Crippen LogP contribution in [0.4, 0.5) is 0 Å². The van der Waals surface area contributed by atoms with Gasteiger partial charge in [0, 0.05) is 51.8 Å². The summed E-state index contributed by atoms with van der Waals surface area (Å²) in [5, 5.41) is 12.2. The first-order chi connectivity index (χ1) is 16.4. The molecule has 3 heterocycles. The first kappa shape index (κ1) is 24.6. The topological polar surface area (TPSA) is 102 Å². The van der Waals surface area contributed by atoms with Gasteiger partial charge in [0.1, 0.15) is 6.04 Å². The Kier molecular flexibility index (Phi) is 7.85. The number of methoxy groups -OCH3 is 1. The highest BCUT2D eigenvalue weighted by Gasteiger charge is 2.45. The Morgan fingerprint density at radius 2 is 1.91 bits per heavy atom. The van der Waals surface area contributed by atoms with Crippen molar-refractivity contribution >= 4 is 17.8 Å². The number of likely N-dealkylation sites (N-methyl/N-ethyl adjacent to an activating group) is 1. The zero-order valence-electron chi connectivity index (χ0n) is 20.1. The van der Waals surface area contributed by atoms with Crippen molar-refractivity contribution in [3.8, 4) is 0 Å². The molecule has 4 atom stereocenters. The van der Waals surface area contributed by atoms with Crippen LogP contribution in [-0.2, 0) is 20.9 Å². The smallest absolute Gasteiger partial charge is 0.335 e. The number of carboxylic acid groups (broad SMARTS) is 1. The van der Waals surface area contributed by atoms with Crippen LogP contribution in [0.5, 0.6) is 0 Å². The van der Waals surface area contributed by atoms with Crippen molar-refractivity contribution in [2.45, 2.75) is 62.8 Å². The molecule has 9 heteroatoms. The molecule has 186 valence electrons. The number of carbonyl (C=O) groups is 3. The van der Waals surface area contributed by atoms with Gasteiger partial charge in [-0.2, -0.15) is 0 Å². The second-order valence-corrected chi connectivity index (χ2v) is 9.72. The summed E-state index contributed by atoms with van der Waals surface area (Å²) in [7, 11) is 3.75. The summed E-state index contributed by atoms with van der Waals surface area (Å²) in [5.74, 6) is -0.732. The number of aromatic carboxylic acids is 1. The summed E-state index contributed by atoms with van der Waals surface area (Å²) < 4.78 is 5.28. The summed E-state index contributed by atoms with van der Waals surface area (Å²) in [6.45, 7) is 3.33. The third-order valence-corrected chi connectivity index (χ3v) is 7.68. The van der Waals surface area contributed by atoms with Crippen LogP contribution in [0, 0.1) is 0 Å². The molecule has 4 rings (SSSR count). The van der Waals surface area contributed by atoms with Gasteiger partial charge in [0.2, 0.25) is 11.8 Å². The molecule has 2 amide bonds. The van der Waals surface area contributed by atoms with E-state index in [1.54, 1.807) is 19.2 Å². The maximum atomic E-state index is 13.0. The average molecular weight is 473 g/mol. The van der Waals surface area contributed by atoms with Gasteiger partial charge in [-0.3, -0.25) is 19.4 Å². The number of nitrogens with zero attached hydrogens (tertiary/aromatic N) is 3. The van der Waals surface area contributed by atoms with Gasteiger partial charge in [0.05, 0.1) is 18.2 Å². The minimum absolute atomic E-state index is 0.0324. The molecule has 0 aromatic heterocycles. The van der Waals surface area contributed by atoms with Crippen molar-refractivity contribution in [2.24, 2.45) is 0 Å². The lowest BCUT2D eigenvalue weighted by atomic mass is 10.0. The SMILES string of the molecule is COC[C@H]1CCCN1C(=O)CC[C@H]1CNC(=O)[C@@H]2[C@H](CCN2Cc2ccc(C(=O)O)cc2)N1C. The quantitative estimate of drug-likeness (QED) is 0.586. The molecular formula is C25H36N4O5. The Balaban J connectivity index is 1.36. The van der Waals surface area contributed by atoms with Crippen LogP contribution in [0.1, 0.15) is 48.0 Å². The molecule has 1 aromatic rings. The minimum Gasteiger partial charge on any atom is -0.478 e. The fraction of sp³-hybridized carbons (Fsp3) is 0.640. The van der Waals surface area contributed by atoms with Gasteiger partial charge in [-0.15, -0.1) is 0 Å². The Morgan fingerprint density at radius 1 is 1.15 bits per heavy atom. The first-order valence-electron chi connectivity index (χ1n) is 12.2. The van der Waals surface area contributed by atoms with Gasteiger partial charge < -0.3 is 20.1 Å². The van der Waals surface area contributed by atoms with Gasteiger partial charge in [0.25, 0.3) is 0 Å². The zero-order chi connectivity index (χ0) is 24.2. The molecule has 3 saturated heterocycles. The second kappa shape index (κ2) is 10.8. The summed E-state index contributed by atoms with van der Waals surface area (Å²) in [6.07, 6.45) is 4.09. The summed E-state index contributed by atoms with van der Waals surface area (Å²) in [4.78, 5) is 43.5. The van der Waals surface area contributed by atoms with Crippen molar-refractivity contribution in [3.05, 3.63) is 35.4 Å². The van der Waals surface area contributed by atoms with Gasteiger partial charge in [-0.05, 0) is 50.4 Å². The molecule has 3 aliphatic rings. The van der Waals surface area contributed by atoms with E-state index in [9.17, 15) is 14.4 Å². The maximum absolute atomic E-state index is 13.0. The third kappa shape index (κ3) is 5.26. The normalized spacial score (nSPS) is 27.9. The molecule has 0 spiro atoms. The van der Waals surface area contributed by atoms with Crippen molar-refractivity contribution in [1.82, 2.24) is 20.0 Å². The molecule has 9 nitrogen and oxygen atoms in total. The van der Waals surface area contributed by atoms with Crippen LogP contribution in [0.3, 0.4) is 0 Å². The maximum Gasteiger partial charge on any atom is 0.335 e. The number of benzene rings is 1. The van der Waals surface area contributed by atoms with E-state index in [0.717, 1.165) is 37.9 Å². The number of nitrogens with one attached hydrogen (secondary N) is 1. The second-order valence-electron chi connectivity index (χ2n) is 9.72. The molecule has 3 fully saturated rings.